The van der Waals surface area contributed by atoms with Crippen LogP contribution in [0, 0.1) is 6.92 Å². The van der Waals surface area contributed by atoms with Crippen molar-refractivity contribution in [2.75, 3.05) is 13.2 Å². The van der Waals surface area contributed by atoms with Gasteiger partial charge in [0, 0.05) is 18.8 Å². The Morgan fingerprint density at radius 2 is 1.85 bits per heavy atom. The van der Waals surface area contributed by atoms with Gasteiger partial charge in [-0.15, -0.1) is 0 Å². The van der Waals surface area contributed by atoms with Crippen LogP contribution in [-0.2, 0) is 9.53 Å². The number of rotatable bonds is 5. The van der Waals surface area contributed by atoms with E-state index in [1.807, 2.05) is 36.4 Å². The van der Waals surface area contributed by atoms with Crippen molar-refractivity contribution in [3.8, 4) is 11.3 Å². The number of amides is 1. The zero-order chi connectivity index (χ0) is 18.6. The molecular weight excluding hydrogens is 332 g/mol. The Balaban J connectivity index is 1.81. The molecule has 0 spiro atoms. The Bertz CT molecular complexity index is 799. The molecule has 6 nitrogen and oxygen atoms in total. The van der Waals surface area contributed by atoms with Crippen LogP contribution in [0.4, 0.5) is 0 Å². The molecule has 0 aliphatic carbocycles. The molecule has 1 aromatic carbocycles. The van der Waals surface area contributed by atoms with Crippen molar-refractivity contribution >= 4 is 11.9 Å². The summed E-state index contributed by atoms with van der Waals surface area (Å²) in [5.41, 5.74) is 2.08. The summed E-state index contributed by atoms with van der Waals surface area (Å²) in [6.07, 6.45) is 0.857. The van der Waals surface area contributed by atoms with Crippen molar-refractivity contribution in [2.24, 2.45) is 0 Å². The molecule has 1 amide bonds. The molecule has 26 heavy (non-hydrogen) atoms. The summed E-state index contributed by atoms with van der Waals surface area (Å²) >= 11 is 0. The van der Waals surface area contributed by atoms with Crippen LogP contribution in [0.5, 0.6) is 0 Å². The van der Waals surface area contributed by atoms with Crippen LogP contribution in [0.2, 0.25) is 0 Å². The van der Waals surface area contributed by atoms with Gasteiger partial charge in [0.15, 0.2) is 0 Å². The van der Waals surface area contributed by atoms with Gasteiger partial charge in [-0.25, -0.2) is 0 Å². The fourth-order valence-corrected chi connectivity index (χ4v) is 3.28. The number of nitrogens with one attached hydrogen (secondary N) is 1. The van der Waals surface area contributed by atoms with Gasteiger partial charge in [-0.1, -0.05) is 30.3 Å². The zero-order valence-corrected chi connectivity index (χ0v) is 14.7. The Morgan fingerprint density at radius 3 is 2.46 bits per heavy atom. The second-order valence-corrected chi connectivity index (χ2v) is 6.61. The summed E-state index contributed by atoms with van der Waals surface area (Å²) in [5.74, 6) is -1.22. The van der Waals surface area contributed by atoms with Crippen LogP contribution in [0.15, 0.2) is 42.5 Å². The molecule has 1 aromatic heterocycles. The summed E-state index contributed by atoms with van der Waals surface area (Å²) in [6, 6.07) is 13.3. The number of hydrogen-bond acceptors (Lipinski definition) is 4. The maximum Gasteiger partial charge on any atom is 0.305 e. The average molecular weight is 354 g/mol. The molecule has 0 atom stereocenters. The minimum Gasteiger partial charge on any atom is -0.481 e. The van der Waals surface area contributed by atoms with E-state index in [0.717, 1.165) is 11.3 Å². The molecule has 2 N–H and O–H groups in total. The SMILES string of the molecule is Cc1nc(-c2ccccc2)ccc1C(=O)NC1(CC(=O)O)CCOCC1. The number of aliphatic carboxylic acids is 1. The molecule has 2 aromatic rings. The minimum absolute atomic E-state index is 0.114. The summed E-state index contributed by atoms with van der Waals surface area (Å²) < 4.78 is 5.33. The van der Waals surface area contributed by atoms with Gasteiger partial charge in [0.2, 0.25) is 0 Å². The predicted octanol–water partition coefficient (Wildman–Crippen LogP) is 2.81. The first kappa shape index (κ1) is 18.1. The fourth-order valence-electron chi connectivity index (χ4n) is 3.28. The van der Waals surface area contributed by atoms with Gasteiger partial charge in [-0.3, -0.25) is 14.6 Å². The summed E-state index contributed by atoms with van der Waals surface area (Å²) in [4.78, 5) is 28.6. The molecule has 0 radical (unpaired) electrons. The van der Waals surface area contributed by atoms with Crippen LogP contribution in [0.1, 0.15) is 35.3 Å². The van der Waals surface area contributed by atoms with Gasteiger partial charge in [0.1, 0.15) is 0 Å². The molecule has 136 valence electrons. The first-order chi connectivity index (χ1) is 12.5. The van der Waals surface area contributed by atoms with E-state index in [-0.39, 0.29) is 12.3 Å². The fraction of sp³-hybridized carbons (Fsp3) is 0.350. The van der Waals surface area contributed by atoms with Crippen molar-refractivity contribution in [2.45, 2.75) is 31.7 Å². The number of aromatic nitrogens is 1. The smallest absolute Gasteiger partial charge is 0.305 e. The number of carbonyl (C=O) groups excluding carboxylic acids is 1. The van der Waals surface area contributed by atoms with Crippen LogP contribution >= 0.6 is 0 Å². The quantitative estimate of drug-likeness (QED) is 0.862. The molecule has 0 bridgehead atoms. The molecule has 1 fully saturated rings. The summed E-state index contributed by atoms with van der Waals surface area (Å²) in [7, 11) is 0. The molecule has 0 unspecified atom stereocenters. The van der Waals surface area contributed by atoms with Gasteiger partial charge < -0.3 is 15.2 Å². The standard InChI is InChI=1S/C20H22N2O4/c1-14-16(7-8-17(21-14)15-5-3-2-4-6-15)19(25)22-20(13-18(23)24)9-11-26-12-10-20/h2-8H,9-13H2,1H3,(H,22,25)(H,23,24). The number of carboxylic acids is 1. The molecule has 3 rings (SSSR count). The molecule has 6 heteroatoms. The van der Waals surface area contributed by atoms with Gasteiger partial charge >= 0.3 is 5.97 Å². The van der Waals surface area contributed by atoms with Gasteiger partial charge in [0.25, 0.3) is 5.91 Å². The second kappa shape index (κ2) is 7.66. The molecular formula is C20H22N2O4. The van der Waals surface area contributed by atoms with Crippen LogP contribution in [0.25, 0.3) is 11.3 Å². The minimum atomic E-state index is -0.929. The second-order valence-electron chi connectivity index (χ2n) is 6.61. The third kappa shape index (κ3) is 4.08. The first-order valence-corrected chi connectivity index (χ1v) is 8.64. The van der Waals surface area contributed by atoms with E-state index in [2.05, 4.69) is 10.3 Å². The molecule has 2 heterocycles. The maximum atomic E-state index is 12.8. The molecule has 1 aliphatic rings. The third-order valence-corrected chi connectivity index (χ3v) is 4.72. The van der Waals surface area contributed by atoms with Crippen molar-refractivity contribution in [3.63, 3.8) is 0 Å². The van der Waals surface area contributed by atoms with E-state index >= 15 is 0 Å². The van der Waals surface area contributed by atoms with Gasteiger partial charge in [-0.05, 0) is 31.9 Å². The monoisotopic (exact) mass is 354 g/mol. The number of aryl methyl sites for hydroxylation is 1. The Hall–Kier alpha value is -2.73. The number of hydrogen-bond donors (Lipinski definition) is 2. The van der Waals surface area contributed by atoms with Crippen molar-refractivity contribution in [1.82, 2.24) is 10.3 Å². The first-order valence-electron chi connectivity index (χ1n) is 8.64. The predicted molar refractivity (Wildman–Crippen MR) is 96.9 cm³/mol. The van der Waals surface area contributed by atoms with Crippen molar-refractivity contribution in [3.05, 3.63) is 53.7 Å². The van der Waals surface area contributed by atoms with Gasteiger partial charge in [0.05, 0.1) is 28.9 Å². The largest absolute Gasteiger partial charge is 0.481 e. The van der Waals surface area contributed by atoms with E-state index in [0.29, 0.717) is 37.3 Å². The number of carbonyl (C=O) groups is 2. The molecule has 1 aliphatic heterocycles. The van der Waals surface area contributed by atoms with Crippen LogP contribution in [-0.4, -0.2) is 40.7 Å². The summed E-state index contributed by atoms with van der Waals surface area (Å²) in [6.45, 7) is 2.67. The molecule has 0 saturated carbocycles. The van der Waals surface area contributed by atoms with Crippen LogP contribution in [0.3, 0.4) is 0 Å². The zero-order valence-electron chi connectivity index (χ0n) is 14.7. The normalized spacial score (nSPS) is 16.0. The number of pyridine rings is 1. The highest BCUT2D eigenvalue weighted by atomic mass is 16.5. The van der Waals surface area contributed by atoms with E-state index < -0.39 is 11.5 Å². The topological polar surface area (TPSA) is 88.5 Å². The number of ether oxygens (including phenoxy) is 1. The lowest BCUT2D eigenvalue weighted by Gasteiger charge is -2.37. The number of nitrogens with zero attached hydrogens (tertiary/aromatic N) is 1. The Morgan fingerprint density at radius 1 is 1.15 bits per heavy atom. The highest BCUT2D eigenvalue weighted by Crippen LogP contribution is 2.26. The highest BCUT2D eigenvalue weighted by molar-refractivity contribution is 5.96. The van der Waals surface area contributed by atoms with Gasteiger partial charge in [-0.2, -0.15) is 0 Å². The van der Waals surface area contributed by atoms with E-state index in [9.17, 15) is 14.7 Å². The maximum absolute atomic E-state index is 12.8. The number of carboxylic acid groups (broad SMARTS) is 1. The van der Waals surface area contributed by atoms with Crippen LogP contribution < -0.4 is 5.32 Å². The lowest BCUT2D eigenvalue weighted by molar-refractivity contribution is -0.139. The highest BCUT2D eigenvalue weighted by Gasteiger charge is 2.37. The van der Waals surface area contributed by atoms with E-state index in [4.69, 9.17) is 4.74 Å². The lowest BCUT2D eigenvalue weighted by Crippen LogP contribution is -2.53. The van der Waals surface area contributed by atoms with Crippen molar-refractivity contribution < 1.29 is 19.4 Å². The number of benzene rings is 1. The molecule has 1 saturated heterocycles. The third-order valence-electron chi connectivity index (χ3n) is 4.72. The summed E-state index contributed by atoms with van der Waals surface area (Å²) in [5, 5.41) is 12.2. The lowest BCUT2D eigenvalue weighted by atomic mass is 9.86. The Labute approximate surface area is 152 Å². The average Bonchev–Trinajstić information content (AvgIpc) is 2.62. The van der Waals surface area contributed by atoms with E-state index in [1.165, 1.54) is 0 Å². The van der Waals surface area contributed by atoms with E-state index in [1.54, 1.807) is 13.0 Å². The Kier molecular flexibility index (Phi) is 5.32. The van der Waals surface area contributed by atoms with Crippen molar-refractivity contribution in [1.29, 1.82) is 0 Å².